The van der Waals surface area contributed by atoms with Crippen molar-refractivity contribution >= 4 is 5.71 Å². The molecule has 0 fully saturated rings. The molecule has 0 aromatic heterocycles. The SMILES string of the molecule is C/C=C(/CCO)C(C)=N. The summed E-state index contributed by atoms with van der Waals surface area (Å²) in [6, 6.07) is 0. The third-order valence-electron chi connectivity index (χ3n) is 1.21. The maximum absolute atomic E-state index is 8.48. The second-order valence-electron chi connectivity index (χ2n) is 1.91. The molecular weight excluding hydrogens is 114 g/mol. The van der Waals surface area contributed by atoms with Crippen LogP contribution in [-0.2, 0) is 0 Å². The number of rotatable bonds is 3. The first kappa shape index (κ1) is 8.37. The summed E-state index contributed by atoms with van der Waals surface area (Å²) in [5.74, 6) is 0. The Bertz CT molecular complexity index is 127. The van der Waals surface area contributed by atoms with E-state index in [4.69, 9.17) is 10.5 Å². The summed E-state index contributed by atoms with van der Waals surface area (Å²) in [5, 5.41) is 15.7. The molecule has 0 aliphatic carbocycles. The molecule has 2 N–H and O–H groups in total. The van der Waals surface area contributed by atoms with E-state index < -0.39 is 0 Å². The van der Waals surface area contributed by atoms with Gasteiger partial charge in [0.25, 0.3) is 0 Å². The Kier molecular flexibility index (Phi) is 3.97. The van der Waals surface area contributed by atoms with Crippen LogP contribution < -0.4 is 0 Å². The molecule has 0 unspecified atom stereocenters. The Hall–Kier alpha value is -0.630. The summed E-state index contributed by atoms with van der Waals surface area (Å²) < 4.78 is 0. The molecule has 0 saturated carbocycles. The minimum absolute atomic E-state index is 0.135. The summed E-state index contributed by atoms with van der Waals surface area (Å²) >= 11 is 0. The molecule has 0 radical (unpaired) electrons. The maximum atomic E-state index is 8.48. The van der Waals surface area contributed by atoms with Crippen LogP contribution in [0.5, 0.6) is 0 Å². The van der Waals surface area contributed by atoms with Gasteiger partial charge in [0.05, 0.1) is 0 Å². The quantitative estimate of drug-likeness (QED) is 0.552. The lowest BCUT2D eigenvalue weighted by Gasteiger charge is -1.99. The number of aliphatic hydroxyl groups is 1. The lowest BCUT2D eigenvalue weighted by Crippen LogP contribution is -1.97. The van der Waals surface area contributed by atoms with E-state index >= 15 is 0 Å². The summed E-state index contributed by atoms with van der Waals surface area (Å²) in [7, 11) is 0. The van der Waals surface area contributed by atoms with Crippen molar-refractivity contribution in [2.75, 3.05) is 6.61 Å². The van der Waals surface area contributed by atoms with Crippen LogP contribution in [0.1, 0.15) is 20.3 Å². The molecule has 0 aromatic carbocycles. The first-order valence-electron chi connectivity index (χ1n) is 3.04. The molecule has 0 rings (SSSR count). The van der Waals surface area contributed by atoms with Gasteiger partial charge in [-0.1, -0.05) is 6.08 Å². The monoisotopic (exact) mass is 127 g/mol. The van der Waals surface area contributed by atoms with E-state index in [2.05, 4.69) is 0 Å². The number of hydrogen-bond acceptors (Lipinski definition) is 2. The molecule has 0 bridgehead atoms. The van der Waals surface area contributed by atoms with E-state index in [0.717, 1.165) is 5.57 Å². The molecule has 2 heteroatoms. The number of aliphatic hydroxyl groups excluding tert-OH is 1. The first-order valence-corrected chi connectivity index (χ1v) is 3.04. The van der Waals surface area contributed by atoms with Gasteiger partial charge in [0.2, 0.25) is 0 Å². The van der Waals surface area contributed by atoms with Crippen molar-refractivity contribution in [2.24, 2.45) is 0 Å². The van der Waals surface area contributed by atoms with Gasteiger partial charge in [-0.25, -0.2) is 0 Å². The van der Waals surface area contributed by atoms with Gasteiger partial charge in [-0.3, -0.25) is 0 Å². The average molecular weight is 127 g/mol. The Balaban J connectivity index is 3.85. The maximum Gasteiger partial charge on any atom is 0.0471 e. The lowest BCUT2D eigenvalue weighted by atomic mass is 10.1. The zero-order chi connectivity index (χ0) is 7.28. The van der Waals surface area contributed by atoms with Crippen molar-refractivity contribution in [3.8, 4) is 0 Å². The van der Waals surface area contributed by atoms with E-state index in [9.17, 15) is 0 Å². The molecule has 52 valence electrons. The third-order valence-corrected chi connectivity index (χ3v) is 1.21. The van der Waals surface area contributed by atoms with Gasteiger partial charge in [-0.15, -0.1) is 0 Å². The highest BCUT2D eigenvalue weighted by Gasteiger charge is 1.95. The molecule has 0 aliphatic heterocycles. The lowest BCUT2D eigenvalue weighted by molar-refractivity contribution is 0.301. The summed E-state index contributed by atoms with van der Waals surface area (Å²) in [4.78, 5) is 0. The Morgan fingerprint density at radius 1 is 1.67 bits per heavy atom. The van der Waals surface area contributed by atoms with E-state index in [1.54, 1.807) is 6.92 Å². The second-order valence-corrected chi connectivity index (χ2v) is 1.91. The molecular formula is C7H13NO. The van der Waals surface area contributed by atoms with Gasteiger partial charge in [-0.2, -0.15) is 0 Å². The van der Waals surface area contributed by atoms with Gasteiger partial charge >= 0.3 is 0 Å². The number of hydrogen-bond donors (Lipinski definition) is 2. The molecule has 2 nitrogen and oxygen atoms in total. The number of allylic oxidation sites excluding steroid dienone is 1. The molecule has 0 saturated heterocycles. The summed E-state index contributed by atoms with van der Waals surface area (Å²) in [6.07, 6.45) is 2.46. The summed E-state index contributed by atoms with van der Waals surface area (Å²) in [5.41, 5.74) is 1.48. The van der Waals surface area contributed by atoms with E-state index in [1.807, 2.05) is 13.0 Å². The fraction of sp³-hybridized carbons (Fsp3) is 0.571. The first-order chi connectivity index (χ1) is 4.22. The second kappa shape index (κ2) is 4.27. The van der Waals surface area contributed by atoms with Crippen LogP contribution in [0.2, 0.25) is 0 Å². The Labute approximate surface area is 55.7 Å². The van der Waals surface area contributed by atoms with Crippen LogP contribution in [0.15, 0.2) is 11.6 Å². The fourth-order valence-electron chi connectivity index (χ4n) is 0.669. The predicted octanol–water partition coefficient (Wildman–Crippen LogP) is 1.35. The van der Waals surface area contributed by atoms with E-state index in [-0.39, 0.29) is 6.61 Å². The minimum atomic E-state index is 0.135. The van der Waals surface area contributed by atoms with E-state index in [1.165, 1.54) is 0 Å². The van der Waals surface area contributed by atoms with Crippen LogP contribution in [-0.4, -0.2) is 17.4 Å². The normalized spacial score (nSPS) is 11.7. The minimum Gasteiger partial charge on any atom is -0.396 e. The standard InChI is InChI=1S/C7H13NO/c1-3-7(4-5-9)6(2)8/h3,8-9H,4-5H2,1-2H3/b7-3-,8-6?. The molecule has 0 aliphatic rings. The molecule has 9 heavy (non-hydrogen) atoms. The highest BCUT2D eigenvalue weighted by molar-refractivity contribution is 5.95. The van der Waals surface area contributed by atoms with Gasteiger partial charge < -0.3 is 10.5 Å². The fourth-order valence-corrected chi connectivity index (χ4v) is 0.669. The van der Waals surface area contributed by atoms with Crippen LogP contribution in [0.4, 0.5) is 0 Å². The molecule has 0 heterocycles. The van der Waals surface area contributed by atoms with Crippen LogP contribution in [0, 0.1) is 5.41 Å². The highest BCUT2D eigenvalue weighted by atomic mass is 16.2. The van der Waals surface area contributed by atoms with Gasteiger partial charge in [0, 0.05) is 12.3 Å². The van der Waals surface area contributed by atoms with Crippen LogP contribution in [0.3, 0.4) is 0 Å². The smallest absolute Gasteiger partial charge is 0.0471 e. The van der Waals surface area contributed by atoms with Gasteiger partial charge in [0.15, 0.2) is 0 Å². The van der Waals surface area contributed by atoms with E-state index in [0.29, 0.717) is 12.1 Å². The van der Waals surface area contributed by atoms with Gasteiger partial charge in [0.1, 0.15) is 0 Å². The zero-order valence-corrected chi connectivity index (χ0v) is 5.94. The van der Waals surface area contributed by atoms with Gasteiger partial charge in [-0.05, 0) is 25.8 Å². The third kappa shape index (κ3) is 3.03. The molecule has 0 aromatic rings. The van der Waals surface area contributed by atoms with Crippen molar-refractivity contribution in [3.05, 3.63) is 11.6 Å². The number of nitrogens with one attached hydrogen (secondary N) is 1. The van der Waals surface area contributed by atoms with Crippen molar-refractivity contribution in [3.63, 3.8) is 0 Å². The molecule has 0 spiro atoms. The zero-order valence-electron chi connectivity index (χ0n) is 5.94. The van der Waals surface area contributed by atoms with Crippen LogP contribution in [0.25, 0.3) is 0 Å². The highest BCUT2D eigenvalue weighted by Crippen LogP contribution is 2.00. The topological polar surface area (TPSA) is 44.1 Å². The van der Waals surface area contributed by atoms with Crippen molar-refractivity contribution in [1.29, 1.82) is 5.41 Å². The Morgan fingerprint density at radius 3 is 2.33 bits per heavy atom. The average Bonchev–Trinajstić information content (AvgIpc) is 1.82. The molecule has 0 atom stereocenters. The Morgan fingerprint density at radius 2 is 2.22 bits per heavy atom. The van der Waals surface area contributed by atoms with Crippen molar-refractivity contribution < 1.29 is 5.11 Å². The predicted molar refractivity (Wildman–Crippen MR) is 38.9 cm³/mol. The van der Waals surface area contributed by atoms with Crippen molar-refractivity contribution in [2.45, 2.75) is 20.3 Å². The van der Waals surface area contributed by atoms with Crippen molar-refractivity contribution in [1.82, 2.24) is 0 Å². The van der Waals surface area contributed by atoms with Crippen LogP contribution >= 0.6 is 0 Å². The largest absolute Gasteiger partial charge is 0.396 e. The summed E-state index contributed by atoms with van der Waals surface area (Å²) in [6.45, 7) is 3.74. The molecule has 0 amide bonds.